The highest BCUT2D eigenvalue weighted by molar-refractivity contribution is 5.93. The van der Waals surface area contributed by atoms with E-state index in [4.69, 9.17) is 85.3 Å². The highest BCUT2D eigenvalue weighted by Crippen LogP contribution is 2.32. The maximum Gasteiger partial charge on any atom is 0.338 e. The average Bonchev–Trinajstić information content (AvgIpc) is 0.774. The first kappa shape index (κ1) is 91.0. The van der Waals surface area contributed by atoms with Gasteiger partial charge in [-0.2, -0.15) is 0 Å². The van der Waals surface area contributed by atoms with Gasteiger partial charge in [0.25, 0.3) is 0 Å². The van der Waals surface area contributed by atoms with E-state index in [2.05, 4.69) is 10.6 Å². The smallest absolute Gasteiger partial charge is 0.338 e. The number of esters is 8. The Kier molecular flexibility index (Phi) is 39.7. The van der Waals surface area contributed by atoms with Crippen molar-refractivity contribution in [3.05, 3.63) is 287 Å². The second-order valence-electron chi connectivity index (χ2n) is 26.1. The Morgan fingerprint density at radius 3 is 1.03 bits per heavy atom. The summed E-state index contributed by atoms with van der Waals surface area (Å²) in [6.07, 6.45) is -12.9. The molecule has 0 aliphatic carbocycles. The zero-order chi connectivity index (χ0) is 83.9. The Morgan fingerprint density at radius 1 is 0.319 bits per heavy atom. The third-order valence-corrected chi connectivity index (χ3v) is 17.4. The van der Waals surface area contributed by atoms with Gasteiger partial charge < -0.3 is 95.9 Å². The van der Waals surface area contributed by atoms with E-state index in [1.807, 2.05) is 0 Å². The van der Waals surface area contributed by atoms with Crippen LogP contribution in [-0.2, 0) is 94.9 Å². The van der Waals surface area contributed by atoms with E-state index in [0.717, 1.165) is 0 Å². The molecule has 0 spiro atoms. The van der Waals surface area contributed by atoms with Gasteiger partial charge in [0.15, 0.2) is 37.0 Å². The molecule has 9 atom stereocenters. The second-order valence-corrected chi connectivity index (χ2v) is 26.1. The Labute approximate surface area is 688 Å². The molecular weight excluding hydrogens is 1540 g/mol. The van der Waals surface area contributed by atoms with Crippen LogP contribution in [0.3, 0.4) is 0 Å². The number of benzene rings is 8. The van der Waals surface area contributed by atoms with Gasteiger partial charge in [-0.3, -0.25) is 9.59 Å². The fourth-order valence-electron chi connectivity index (χ4n) is 11.3. The van der Waals surface area contributed by atoms with Crippen LogP contribution in [0.25, 0.3) is 0 Å². The summed E-state index contributed by atoms with van der Waals surface area (Å²) in [5.41, 5.74) is 1.48. The summed E-state index contributed by atoms with van der Waals surface area (Å²) in [7, 11) is 0. The number of carbonyl (C=O) groups excluding carboxylic acids is 10. The summed E-state index contributed by atoms with van der Waals surface area (Å²) >= 11 is 0. The van der Waals surface area contributed by atoms with Crippen LogP contribution in [0.4, 0.5) is 0 Å². The molecule has 9 rings (SSSR count). The molecule has 1 heterocycles. The Morgan fingerprint density at radius 2 is 0.630 bits per heavy atom. The lowest BCUT2D eigenvalue weighted by Crippen LogP contribution is -2.63. The molecule has 8 aromatic rings. The van der Waals surface area contributed by atoms with Crippen molar-refractivity contribution in [1.82, 2.24) is 10.6 Å². The summed E-state index contributed by atoms with van der Waals surface area (Å²) in [6, 6.07) is 64.7. The van der Waals surface area contributed by atoms with Crippen LogP contribution < -0.4 is 10.6 Å². The quantitative estimate of drug-likeness (QED) is 0.0155. The number of amides is 2. The fraction of sp³-hybridized carbons (Fsp3) is 0.348. The first-order valence-corrected chi connectivity index (χ1v) is 38.7. The van der Waals surface area contributed by atoms with E-state index >= 15 is 0 Å². The number of rotatable bonds is 52. The molecular formula is C89H96N2O28. The van der Waals surface area contributed by atoms with E-state index in [9.17, 15) is 47.9 Å². The van der Waals surface area contributed by atoms with Crippen molar-refractivity contribution in [2.45, 2.75) is 75.1 Å². The van der Waals surface area contributed by atoms with Gasteiger partial charge in [0.05, 0.1) is 137 Å². The summed E-state index contributed by atoms with van der Waals surface area (Å²) in [4.78, 5) is 134. The maximum atomic E-state index is 14.0. The van der Waals surface area contributed by atoms with E-state index in [0.29, 0.717) is 0 Å². The SMILES string of the molecule is C[C@H](OC(=O)c1ccccc1)C(COC(=O)c1ccccc1)O[C@H](OCCOCCOCCNC(=O)CCOCCOCCC(=O)NCCOCCOCCO[C@H]1OC(COC(=O)c2ccccc2)[C@@H](OC(=O)c2ccccc2)C(OC(=O)c2ccccc2)C1OC(=O)c1ccccc1)[C@@H](COC(=O)c1ccccc1)OC(=O)c1ccccc1. The fourth-order valence-corrected chi connectivity index (χ4v) is 11.3. The predicted octanol–water partition coefficient (Wildman–Crippen LogP) is 9.29. The van der Waals surface area contributed by atoms with Crippen molar-refractivity contribution >= 4 is 59.6 Å². The van der Waals surface area contributed by atoms with Crippen molar-refractivity contribution in [2.75, 3.05) is 125 Å². The highest BCUT2D eigenvalue weighted by atomic mass is 16.7. The van der Waals surface area contributed by atoms with E-state index in [-0.39, 0.29) is 175 Å². The van der Waals surface area contributed by atoms with E-state index in [1.54, 1.807) is 194 Å². The monoisotopic (exact) mass is 1640 g/mol. The summed E-state index contributed by atoms with van der Waals surface area (Å²) in [6.45, 7) is 1.26. The summed E-state index contributed by atoms with van der Waals surface area (Å²) in [5, 5.41) is 5.51. The zero-order valence-corrected chi connectivity index (χ0v) is 65.6. The normalized spacial score (nSPS) is 15.9. The van der Waals surface area contributed by atoms with Crippen LogP contribution in [0.2, 0.25) is 0 Å². The van der Waals surface area contributed by atoms with E-state index in [1.165, 1.54) is 55.5 Å². The molecule has 630 valence electrons. The lowest BCUT2D eigenvalue weighted by Gasteiger charge is -2.44. The Balaban J connectivity index is 0.643. The maximum absolute atomic E-state index is 14.0. The van der Waals surface area contributed by atoms with Gasteiger partial charge in [-0.15, -0.1) is 0 Å². The van der Waals surface area contributed by atoms with Crippen molar-refractivity contribution in [2.24, 2.45) is 0 Å². The molecule has 8 aromatic carbocycles. The minimum Gasteiger partial charge on any atom is -0.459 e. The van der Waals surface area contributed by atoms with Crippen LogP contribution in [0.15, 0.2) is 243 Å². The molecule has 1 saturated heterocycles. The van der Waals surface area contributed by atoms with Gasteiger partial charge in [0, 0.05) is 25.9 Å². The molecule has 0 saturated carbocycles. The van der Waals surface area contributed by atoms with E-state index < -0.39 is 123 Å². The van der Waals surface area contributed by atoms with Crippen molar-refractivity contribution in [1.29, 1.82) is 0 Å². The molecule has 30 heteroatoms. The van der Waals surface area contributed by atoms with Crippen molar-refractivity contribution in [3.8, 4) is 0 Å². The molecule has 1 aliphatic rings. The largest absolute Gasteiger partial charge is 0.459 e. The van der Waals surface area contributed by atoms with Crippen molar-refractivity contribution in [3.63, 3.8) is 0 Å². The molecule has 1 fully saturated rings. The molecule has 30 nitrogen and oxygen atoms in total. The minimum absolute atomic E-state index is 0.0391. The number of hydrogen-bond acceptors (Lipinski definition) is 28. The standard InChI is InChI=1S/C89H96N2O28/c1-63(113-83(97)67-32-16-5-17-33-67)72(60-110-80(94)64-26-10-2-11-27-64)115-88(74(114-84(98)68-34-18-6-19-35-68)62-112-82(96)66-30-14-4-15-31-66)108-58-56-106-54-52-104-48-44-90-75(92)42-46-102-50-51-103-47-43-76(93)91-45-49-105-53-55-107-57-59-109-89-79(119-87(101)71-40-24-9-25-41-71)78(118-86(100)70-38-22-8-23-39-70)77(117-85(99)69-36-20-7-21-37-69)73(116-89)61-111-81(95)65-28-12-3-13-29-65/h2-41,63,72-74,77-79,88-89H,42-62H2,1H3,(H,90,92)(H,91,93)/t63-,72?,73?,74+,77+,78?,79?,88-,89-/m0/s1. The van der Waals surface area contributed by atoms with Gasteiger partial charge in [0.2, 0.25) is 11.8 Å². The first-order valence-electron chi connectivity index (χ1n) is 38.7. The molecule has 0 aromatic heterocycles. The lowest BCUT2D eigenvalue weighted by atomic mass is 9.97. The highest BCUT2D eigenvalue weighted by Gasteiger charge is 2.54. The summed E-state index contributed by atoms with van der Waals surface area (Å²) in [5.74, 6) is -6.78. The van der Waals surface area contributed by atoms with Crippen LogP contribution in [0, 0.1) is 0 Å². The average molecular weight is 1640 g/mol. The van der Waals surface area contributed by atoms with Gasteiger partial charge in [-0.1, -0.05) is 146 Å². The topological polar surface area (TPSA) is 361 Å². The second kappa shape index (κ2) is 52.0. The zero-order valence-electron chi connectivity index (χ0n) is 65.6. The van der Waals surface area contributed by atoms with Gasteiger partial charge in [-0.05, 0) is 104 Å². The van der Waals surface area contributed by atoms with Gasteiger partial charge >= 0.3 is 47.8 Å². The number of nitrogens with one attached hydrogen (secondary N) is 2. The molecule has 2 N–H and O–H groups in total. The Bertz CT molecular complexity index is 4350. The van der Waals surface area contributed by atoms with Crippen LogP contribution in [0.1, 0.15) is 103 Å². The van der Waals surface area contributed by atoms with Crippen LogP contribution in [0.5, 0.6) is 0 Å². The molecule has 119 heavy (non-hydrogen) atoms. The lowest BCUT2D eigenvalue weighted by molar-refractivity contribution is -0.300. The molecule has 4 unspecified atom stereocenters. The number of carbonyl (C=O) groups is 10. The molecule has 0 bridgehead atoms. The van der Waals surface area contributed by atoms with Crippen LogP contribution in [-0.4, -0.2) is 240 Å². The first-order chi connectivity index (χ1) is 58.2. The minimum atomic E-state index is -1.61. The molecule has 1 aliphatic heterocycles. The summed E-state index contributed by atoms with van der Waals surface area (Å²) < 4.78 is 106. The predicted molar refractivity (Wildman–Crippen MR) is 423 cm³/mol. The van der Waals surface area contributed by atoms with Crippen molar-refractivity contribution < 1.29 is 133 Å². The molecule has 2 amide bonds. The van der Waals surface area contributed by atoms with Crippen LogP contribution >= 0.6 is 0 Å². The molecule has 0 radical (unpaired) electrons. The third-order valence-electron chi connectivity index (χ3n) is 17.4. The number of ether oxygens (including phenoxy) is 18. The van der Waals surface area contributed by atoms with Gasteiger partial charge in [-0.25, -0.2) is 38.4 Å². The Hall–Kier alpha value is -11.9. The van der Waals surface area contributed by atoms with Gasteiger partial charge in [0.1, 0.15) is 38.1 Å². The third kappa shape index (κ3) is 32.5. The number of hydrogen-bond donors (Lipinski definition) is 2.